The molecule has 0 radical (unpaired) electrons. The van der Waals surface area contributed by atoms with Crippen LogP contribution in [0.4, 0.5) is 0 Å². The number of likely N-dealkylation sites (tertiary alicyclic amines) is 1. The zero-order valence-electron chi connectivity index (χ0n) is 13.1. The molecule has 0 spiro atoms. The van der Waals surface area contributed by atoms with Crippen LogP contribution in [0.5, 0.6) is 0 Å². The Labute approximate surface area is 127 Å². The second-order valence-electron chi connectivity index (χ2n) is 6.35. The van der Waals surface area contributed by atoms with Crippen molar-refractivity contribution in [3.05, 3.63) is 35.9 Å². The Morgan fingerprint density at radius 3 is 2.43 bits per heavy atom. The summed E-state index contributed by atoms with van der Waals surface area (Å²) in [5.74, 6) is 6.64. The number of amides is 1. The summed E-state index contributed by atoms with van der Waals surface area (Å²) in [7, 11) is 0. The summed E-state index contributed by atoms with van der Waals surface area (Å²) in [5.41, 5.74) is 3.35. The number of hydrazine groups is 1. The van der Waals surface area contributed by atoms with Crippen LogP contribution < -0.4 is 11.3 Å². The van der Waals surface area contributed by atoms with Crippen LogP contribution in [-0.2, 0) is 4.79 Å². The summed E-state index contributed by atoms with van der Waals surface area (Å²) in [6.45, 7) is 7.50. The van der Waals surface area contributed by atoms with Crippen LogP contribution >= 0.6 is 0 Å². The van der Waals surface area contributed by atoms with Crippen LogP contribution in [0.3, 0.4) is 0 Å². The van der Waals surface area contributed by atoms with Crippen molar-refractivity contribution in [3.63, 3.8) is 0 Å². The molecule has 1 heterocycles. The minimum absolute atomic E-state index is 0.104. The zero-order valence-corrected chi connectivity index (χ0v) is 13.1. The van der Waals surface area contributed by atoms with Crippen molar-refractivity contribution in [2.24, 2.45) is 17.7 Å². The number of nitrogens with zero attached hydrogens (tertiary/aromatic N) is 1. The van der Waals surface area contributed by atoms with Crippen molar-refractivity contribution in [2.75, 3.05) is 19.6 Å². The maximum atomic E-state index is 12.1. The summed E-state index contributed by atoms with van der Waals surface area (Å²) >= 11 is 0. The molecular weight excluding hydrogens is 262 g/mol. The molecule has 1 aliphatic rings. The fraction of sp³-hybridized carbons (Fsp3) is 0.588. The van der Waals surface area contributed by atoms with E-state index in [9.17, 15) is 4.79 Å². The Hall–Kier alpha value is -1.39. The molecule has 1 amide bonds. The van der Waals surface area contributed by atoms with Crippen LogP contribution in [0.15, 0.2) is 30.3 Å². The second-order valence-corrected chi connectivity index (χ2v) is 6.35. The first kappa shape index (κ1) is 16.0. The predicted molar refractivity (Wildman–Crippen MR) is 85.5 cm³/mol. The van der Waals surface area contributed by atoms with Crippen LogP contribution in [0.1, 0.15) is 38.2 Å². The van der Waals surface area contributed by atoms with Gasteiger partial charge in [0.15, 0.2) is 0 Å². The van der Waals surface area contributed by atoms with Gasteiger partial charge in [-0.1, -0.05) is 44.2 Å². The third kappa shape index (κ3) is 4.29. The SMILES string of the molecule is CC(C)C1CCN(CC(C(=O)NN)c2ccccc2)CC1. The Bertz CT molecular complexity index is 439. The highest BCUT2D eigenvalue weighted by Gasteiger charge is 2.27. The van der Waals surface area contributed by atoms with E-state index in [2.05, 4.69) is 24.2 Å². The maximum absolute atomic E-state index is 12.1. The molecular formula is C17H27N3O. The molecule has 4 heteroatoms. The summed E-state index contributed by atoms with van der Waals surface area (Å²) in [4.78, 5) is 14.5. The minimum atomic E-state index is -0.188. The van der Waals surface area contributed by atoms with Crippen LogP contribution in [0, 0.1) is 11.8 Å². The highest BCUT2D eigenvalue weighted by molar-refractivity contribution is 5.83. The Kier molecular flexibility index (Phi) is 5.76. The average molecular weight is 289 g/mol. The Morgan fingerprint density at radius 2 is 1.90 bits per heavy atom. The van der Waals surface area contributed by atoms with Crippen molar-refractivity contribution in [1.82, 2.24) is 10.3 Å². The first-order valence-electron chi connectivity index (χ1n) is 7.89. The van der Waals surface area contributed by atoms with Gasteiger partial charge in [-0.05, 0) is 43.3 Å². The van der Waals surface area contributed by atoms with Gasteiger partial charge in [-0.2, -0.15) is 0 Å². The van der Waals surface area contributed by atoms with Gasteiger partial charge in [0, 0.05) is 6.54 Å². The third-order valence-electron chi connectivity index (χ3n) is 4.68. The van der Waals surface area contributed by atoms with E-state index in [1.54, 1.807) is 0 Å². The van der Waals surface area contributed by atoms with E-state index in [4.69, 9.17) is 5.84 Å². The zero-order chi connectivity index (χ0) is 15.2. The molecule has 21 heavy (non-hydrogen) atoms. The molecule has 1 atom stereocenters. The van der Waals surface area contributed by atoms with E-state index < -0.39 is 0 Å². The Balaban J connectivity index is 1.99. The highest BCUT2D eigenvalue weighted by Crippen LogP contribution is 2.26. The molecule has 116 valence electrons. The minimum Gasteiger partial charge on any atom is -0.302 e. The Morgan fingerprint density at radius 1 is 1.29 bits per heavy atom. The lowest BCUT2D eigenvalue weighted by molar-refractivity contribution is -0.123. The molecule has 0 bridgehead atoms. The molecule has 2 rings (SSSR count). The number of nitrogens with one attached hydrogen (secondary N) is 1. The van der Waals surface area contributed by atoms with Crippen LogP contribution in [0.25, 0.3) is 0 Å². The topological polar surface area (TPSA) is 58.4 Å². The first-order valence-corrected chi connectivity index (χ1v) is 7.89. The van der Waals surface area contributed by atoms with E-state index in [1.165, 1.54) is 12.8 Å². The van der Waals surface area contributed by atoms with Gasteiger partial charge in [-0.15, -0.1) is 0 Å². The summed E-state index contributed by atoms with van der Waals surface area (Å²) < 4.78 is 0. The largest absolute Gasteiger partial charge is 0.302 e. The smallest absolute Gasteiger partial charge is 0.242 e. The van der Waals surface area contributed by atoms with Crippen molar-refractivity contribution in [2.45, 2.75) is 32.6 Å². The lowest BCUT2D eigenvalue weighted by Crippen LogP contribution is -2.43. The van der Waals surface area contributed by atoms with Crippen LogP contribution in [0.2, 0.25) is 0 Å². The van der Waals surface area contributed by atoms with Crippen molar-refractivity contribution in [1.29, 1.82) is 0 Å². The molecule has 0 aromatic heterocycles. The van der Waals surface area contributed by atoms with Crippen molar-refractivity contribution >= 4 is 5.91 Å². The molecule has 1 aromatic rings. The molecule has 1 aliphatic heterocycles. The third-order valence-corrected chi connectivity index (χ3v) is 4.68. The van der Waals surface area contributed by atoms with Gasteiger partial charge in [0.2, 0.25) is 5.91 Å². The number of piperidine rings is 1. The van der Waals surface area contributed by atoms with Crippen molar-refractivity contribution in [3.8, 4) is 0 Å². The predicted octanol–water partition coefficient (Wildman–Crippen LogP) is 2.13. The van der Waals surface area contributed by atoms with Gasteiger partial charge in [-0.3, -0.25) is 10.2 Å². The van der Waals surface area contributed by atoms with Gasteiger partial charge in [0.05, 0.1) is 5.92 Å². The number of carbonyl (C=O) groups excluding carboxylic acids is 1. The lowest BCUT2D eigenvalue weighted by Gasteiger charge is -2.35. The fourth-order valence-corrected chi connectivity index (χ4v) is 3.19. The quantitative estimate of drug-likeness (QED) is 0.496. The fourth-order valence-electron chi connectivity index (χ4n) is 3.19. The highest BCUT2D eigenvalue weighted by atomic mass is 16.2. The average Bonchev–Trinajstić information content (AvgIpc) is 2.53. The van der Waals surface area contributed by atoms with E-state index in [-0.39, 0.29) is 11.8 Å². The van der Waals surface area contributed by atoms with E-state index in [0.29, 0.717) is 0 Å². The van der Waals surface area contributed by atoms with Crippen molar-refractivity contribution < 1.29 is 4.79 Å². The summed E-state index contributed by atoms with van der Waals surface area (Å²) in [6.07, 6.45) is 2.45. The number of hydrogen-bond acceptors (Lipinski definition) is 3. The maximum Gasteiger partial charge on any atom is 0.242 e. The molecule has 1 aromatic carbocycles. The summed E-state index contributed by atoms with van der Waals surface area (Å²) in [6, 6.07) is 9.91. The molecule has 1 unspecified atom stereocenters. The number of rotatable bonds is 5. The van der Waals surface area contributed by atoms with E-state index >= 15 is 0 Å². The van der Waals surface area contributed by atoms with Gasteiger partial charge in [-0.25, -0.2) is 5.84 Å². The molecule has 1 saturated heterocycles. The van der Waals surface area contributed by atoms with Gasteiger partial charge >= 0.3 is 0 Å². The number of hydrogen-bond donors (Lipinski definition) is 2. The molecule has 3 N–H and O–H groups in total. The monoisotopic (exact) mass is 289 g/mol. The van der Waals surface area contributed by atoms with E-state index in [1.807, 2.05) is 30.3 Å². The number of benzene rings is 1. The van der Waals surface area contributed by atoms with Gasteiger partial charge < -0.3 is 4.90 Å². The second kappa shape index (κ2) is 7.57. The first-order chi connectivity index (χ1) is 10.1. The molecule has 0 aliphatic carbocycles. The summed E-state index contributed by atoms with van der Waals surface area (Å²) in [5, 5.41) is 0. The normalized spacial score (nSPS) is 18.7. The number of nitrogens with two attached hydrogens (primary N) is 1. The standard InChI is InChI=1S/C17H27N3O/c1-13(2)14-8-10-20(11-9-14)12-16(17(21)19-18)15-6-4-3-5-7-15/h3-7,13-14,16H,8-12,18H2,1-2H3,(H,19,21). The number of carbonyl (C=O) groups is 1. The molecule has 4 nitrogen and oxygen atoms in total. The van der Waals surface area contributed by atoms with Crippen LogP contribution in [-0.4, -0.2) is 30.4 Å². The van der Waals surface area contributed by atoms with Gasteiger partial charge in [0.25, 0.3) is 0 Å². The molecule has 0 saturated carbocycles. The lowest BCUT2D eigenvalue weighted by atomic mass is 9.86. The molecule has 1 fully saturated rings. The van der Waals surface area contributed by atoms with Gasteiger partial charge in [0.1, 0.15) is 0 Å². The van der Waals surface area contributed by atoms with E-state index in [0.717, 1.165) is 37.0 Å².